The minimum Gasteiger partial charge on any atom is -0.447 e. The van der Waals surface area contributed by atoms with Gasteiger partial charge in [-0.2, -0.15) is 0 Å². The van der Waals surface area contributed by atoms with E-state index in [4.69, 9.17) is 4.42 Å². The van der Waals surface area contributed by atoms with Crippen LogP contribution in [0.25, 0.3) is 23.1 Å². The lowest BCUT2D eigenvalue weighted by atomic mass is 9.92. The molecular weight excluding hydrogens is 368 g/mol. The number of pyridine rings is 1. The van der Waals surface area contributed by atoms with Crippen LogP contribution in [0.15, 0.2) is 56.9 Å². The van der Waals surface area contributed by atoms with Crippen LogP contribution in [-0.4, -0.2) is 19.9 Å². The predicted molar refractivity (Wildman–Crippen MR) is 111 cm³/mol. The van der Waals surface area contributed by atoms with Gasteiger partial charge < -0.3 is 14.4 Å². The molecule has 0 radical (unpaired) electrons. The Labute approximate surface area is 165 Å². The number of para-hydroxylation sites is 1. The van der Waals surface area contributed by atoms with E-state index in [1.807, 2.05) is 45.0 Å². The summed E-state index contributed by atoms with van der Waals surface area (Å²) in [5.74, 6) is 0.636. The fourth-order valence-corrected chi connectivity index (χ4v) is 3.15. The van der Waals surface area contributed by atoms with Crippen molar-refractivity contribution in [1.29, 1.82) is 0 Å². The molecule has 0 bridgehead atoms. The Morgan fingerprint density at radius 3 is 2.34 bits per heavy atom. The summed E-state index contributed by atoms with van der Waals surface area (Å²) in [6.07, 6.45) is 6.16. The third-order valence-electron chi connectivity index (χ3n) is 4.53. The first-order chi connectivity index (χ1) is 13.8. The Hall–Kier alpha value is -3.74. The fourth-order valence-electron chi connectivity index (χ4n) is 3.15. The molecule has 146 valence electrons. The molecule has 0 amide bonds. The molecule has 4 aromatic rings. The van der Waals surface area contributed by atoms with Crippen molar-refractivity contribution in [2.24, 2.45) is 0 Å². The number of oxazole rings is 1. The molecule has 1 aromatic carbocycles. The number of aromatic amines is 2. The van der Waals surface area contributed by atoms with Crippen LogP contribution in [0.2, 0.25) is 0 Å². The average Bonchev–Trinajstić information content (AvgIpc) is 3.15. The Morgan fingerprint density at radius 1 is 0.931 bits per heavy atom. The Bertz CT molecular complexity index is 1430. The zero-order valence-electron chi connectivity index (χ0n) is 16.3. The molecule has 0 saturated heterocycles. The quantitative estimate of drug-likeness (QED) is 0.542. The molecule has 7 nitrogen and oxygen atoms in total. The lowest BCUT2D eigenvalue weighted by Gasteiger charge is -2.14. The van der Waals surface area contributed by atoms with E-state index >= 15 is 0 Å². The molecule has 29 heavy (non-hydrogen) atoms. The summed E-state index contributed by atoms with van der Waals surface area (Å²) in [7, 11) is 0. The maximum atomic E-state index is 12.6. The molecule has 0 unspecified atom stereocenters. The van der Waals surface area contributed by atoms with E-state index in [9.17, 15) is 9.59 Å². The normalized spacial score (nSPS) is 13.3. The molecule has 0 saturated carbocycles. The van der Waals surface area contributed by atoms with Gasteiger partial charge in [0, 0.05) is 17.0 Å². The van der Waals surface area contributed by atoms with Crippen LogP contribution in [0, 0.1) is 0 Å². The van der Waals surface area contributed by atoms with Crippen LogP contribution < -0.4 is 21.8 Å². The molecule has 0 atom stereocenters. The highest BCUT2D eigenvalue weighted by Gasteiger charge is 2.21. The highest BCUT2D eigenvalue weighted by molar-refractivity contribution is 5.87. The van der Waals surface area contributed by atoms with E-state index in [2.05, 4.69) is 19.9 Å². The lowest BCUT2D eigenvalue weighted by Crippen LogP contribution is -2.46. The van der Waals surface area contributed by atoms with E-state index in [-0.39, 0.29) is 16.1 Å². The molecule has 0 aliphatic heterocycles. The van der Waals surface area contributed by atoms with Gasteiger partial charge in [0.05, 0.1) is 5.52 Å². The monoisotopic (exact) mass is 388 g/mol. The van der Waals surface area contributed by atoms with E-state index < -0.39 is 11.1 Å². The largest absolute Gasteiger partial charge is 0.447 e. The summed E-state index contributed by atoms with van der Waals surface area (Å²) in [5, 5.41) is 1.18. The van der Waals surface area contributed by atoms with Crippen LogP contribution in [0.5, 0.6) is 0 Å². The molecule has 2 N–H and O–H groups in total. The van der Waals surface area contributed by atoms with Crippen molar-refractivity contribution in [1.82, 2.24) is 19.9 Å². The molecule has 4 rings (SSSR count). The van der Waals surface area contributed by atoms with Crippen molar-refractivity contribution in [2.75, 3.05) is 0 Å². The maximum Gasteiger partial charge on any atom is 0.272 e. The summed E-state index contributed by atoms with van der Waals surface area (Å²) in [4.78, 5) is 39.0. The Balaban J connectivity index is 1.87. The van der Waals surface area contributed by atoms with Crippen molar-refractivity contribution >= 4 is 23.1 Å². The SMILES string of the molecule is CC(C)(C)c1ocnc1/C=c1\[nH]c(=O)/c(=C/c2ccnc3ccccc23)[nH]c1=O. The highest BCUT2D eigenvalue weighted by Crippen LogP contribution is 2.25. The Morgan fingerprint density at radius 2 is 1.62 bits per heavy atom. The van der Waals surface area contributed by atoms with Crippen LogP contribution in [0.4, 0.5) is 0 Å². The van der Waals surface area contributed by atoms with E-state index in [1.54, 1.807) is 18.3 Å². The second-order valence-electron chi connectivity index (χ2n) is 7.76. The summed E-state index contributed by atoms with van der Waals surface area (Å²) in [6.45, 7) is 5.94. The van der Waals surface area contributed by atoms with Gasteiger partial charge in [-0.3, -0.25) is 14.6 Å². The van der Waals surface area contributed by atoms with E-state index in [0.29, 0.717) is 11.5 Å². The number of aromatic nitrogens is 4. The first-order valence-electron chi connectivity index (χ1n) is 9.17. The van der Waals surface area contributed by atoms with Gasteiger partial charge in [-0.15, -0.1) is 0 Å². The first-order valence-corrected chi connectivity index (χ1v) is 9.17. The van der Waals surface area contributed by atoms with Gasteiger partial charge in [-0.25, -0.2) is 4.98 Å². The number of benzene rings is 1. The van der Waals surface area contributed by atoms with Crippen LogP contribution in [-0.2, 0) is 5.41 Å². The van der Waals surface area contributed by atoms with Gasteiger partial charge in [0.2, 0.25) is 0 Å². The minimum absolute atomic E-state index is 0.117. The summed E-state index contributed by atoms with van der Waals surface area (Å²) in [6, 6.07) is 9.40. The molecule has 0 spiro atoms. The molecular formula is C22H20N4O3. The molecule has 3 heterocycles. The maximum absolute atomic E-state index is 12.6. The van der Waals surface area contributed by atoms with Crippen molar-refractivity contribution in [3.8, 4) is 0 Å². The van der Waals surface area contributed by atoms with Gasteiger partial charge in [0.15, 0.2) is 6.39 Å². The highest BCUT2D eigenvalue weighted by atomic mass is 16.3. The standard InChI is InChI=1S/C22H20N4O3/c1-22(2,3)19-16(24-12-29-19)11-18-21(28)25-17(20(27)26-18)10-13-8-9-23-15-7-5-4-6-14(13)15/h4-12H,1-3H3,(H,25,28)(H,26,27)/b17-10-,18-11-. The van der Waals surface area contributed by atoms with Crippen molar-refractivity contribution in [3.63, 3.8) is 0 Å². The fraction of sp³-hybridized carbons (Fsp3) is 0.182. The number of hydrogen-bond donors (Lipinski definition) is 2. The van der Waals surface area contributed by atoms with E-state index in [1.165, 1.54) is 12.5 Å². The number of nitrogens with zero attached hydrogens (tertiary/aromatic N) is 2. The summed E-state index contributed by atoms with van der Waals surface area (Å²) < 4.78 is 5.46. The van der Waals surface area contributed by atoms with Crippen molar-refractivity contribution in [3.05, 3.63) is 91.3 Å². The molecule has 0 fully saturated rings. The van der Waals surface area contributed by atoms with Gasteiger partial charge >= 0.3 is 0 Å². The zero-order chi connectivity index (χ0) is 20.6. The van der Waals surface area contributed by atoms with Gasteiger partial charge in [0.25, 0.3) is 11.1 Å². The van der Waals surface area contributed by atoms with Crippen molar-refractivity contribution in [2.45, 2.75) is 26.2 Å². The van der Waals surface area contributed by atoms with Crippen LogP contribution in [0.3, 0.4) is 0 Å². The third-order valence-corrected chi connectivity index (χ3v) is 4.53. The number of rotatable bonds is 2. The van der Waals surface area contributed by atoms with E-state index in [0.717, 1.165) is 16.5 Å². The number of fused-ring (bicyclic) bond motifs is 1. The molecule has 7 heteroatoms. The number of hydrogen-bond acceptors (Lipinski definition) is 5. The number of H-pyrrole nitrogens is 2. The minimum atomic E-state index is -0.419. The molecule has 0 aliphatic carbocycles. The summed E-state index contributed by atoms with van der Waals surface area (Å²) >= 11 is 0. The summed E-state index contributed by atoms with van der Waals surface area (Å²) in [5.41, 5.74) is 1.00. The second-order valence-corrected chi connectivity index (χ2v) is 7.76. The number of nitrogens with one attached hydrogen (secondary N) is 2. The third kappa shape index (κ3) is 3.67. The molecule has 3 aromatic heterocycles. The van der Waals surface area contributed by atoms with Crippen LogP contribution >= 0.6 is 0 Å². The van der Waals surface area contributed by atoms with Crippen molar-refractivity contribution < 1.29 is 4.42 Å². The Kier molecular flexibility index (Phi) is 4.50. The van der Waals surface area contributed by atoms with Gasteiger partial charge in [-0.1, -0.05) is 39.0 Å². The smallest absolute Gasteiger partial charge is 0.272 e. The second kappa shape index (κ2) is 7.01. The first kappa shape index (κ1) is 18.6. The van der Waals surface area contributed by atoms with Crippen LogP contribution in [0.1, 0.15) is 37.8 Å². The van der Waals surface area contributed by atoms with Gasteiger partial charge in [-0.05, 0) is 29.8 Å². The van der Waals surface area contributed by atoms with Gasteiger partial charge in [0.1, 0.15) is 22.2 Å². The molecule has 0 aliphatic rings. The lowest BCUT2D eigenvalue weighted by molar-refractivity contribution is 0.407. The predicted octanol–water partition coefficient (Wildman–Crippen LogP) is 1.55. The average molecular weight is 388 g/mol. The topological polar surface area (TPSA) is 105 Å². The zero-order valence-corrected chi connectivity index (χ0v) is 16.3.